The van der Waals surface area contributed by atoms with Gasteiger partial charge in [-0.05, 0) is 35.7 Å². The van der Waals surface area contributed by atoms with Crippen molar-refractivity contribution in [2.24, 2.45) is 0 Å². The lowest BCUT2D eigenvalue weighted by Gasteiger charge is -2.13. The summed E-state index contributed by atoms with van der Waals surface area (Å²) >= 11 is 27.8. The van der Waals surface area contributed by atoms with E-state index in [1.807, 2.05) is 24.3 Å². The van der Waals surface area contributed by atoms with E-state index in [1.54, 1.807) is 12.1 Å². The molecule has 19 heavy (non-hydrogen) atoms. The molecule has 0 N–H and O–H groups in total. The first-order valence-corrected chi connectivity index (χ1v) is 7.93. The van der Waals surface area contributed by atoms with E-state index in [0.29, 0.717) is 20.1 Å². The highest BCUT2D eigenvalue weighted by molar-refractivity contribution is 9.09. The summed E-state index contributed by atoms with van der Waals surface area (Å²) in [5.41, 5.74) is 2.03. The zero-order chi connectivity index (χ0) is 14.0. The highest BCUT2D eigenvalue weighted by Crippen LogP contribution is 2.36. The molecule has 2 aromatic rings. The molecular weight excluding hydrogens is 390 g/mol. The molecule has 0 bridgehead atoms. The highest BCUT2D eigenvalue weighted by Gasteiger charge is 2.14. The Labute approximate surface area is 140 Å². The molecule has 0 heterocycles. The first-order chi connectivity index (χ1) is 8.99. The van der Waals surface area contributed by atoms with E-state index < -0.39 is 0 Å². The first-order valence-electron chi connectivity index (χ1n) is 5.51. The van der Waals surface area contributed by atoms with Gasteiger partial charge in [0.15, 0.2) is 0 Å². The van der Waals surface area contributed by atoms with Crippen molar-refractivity contribution >= 4 is 62.3 Å². The standard InChI is InChI=1S/C14H9BrCl4/c15-10(9-2-1-3-12(17)14(9)19)6-8-4-5-11(16)13(18)7-8/h1-5,7,10H,6H2. The van der Waals surface area contributed by atoms with Crippen LogP contribution in [0.3, 0.4) is 0 Å². The highest BCUT2D eigenvalue weighted by atomic mass is 79.9. The van der Waals surface area contributed by atoms with E-state index in [0.717, 1.165) is 17.5 Å². The fraction of sp³-hybridized carbons (Fsp3) is 0.143. The molecule has 0 radical (unpaired) electrons. The van der Waals surface area contributed by atoms with Crippen LogP contribution < -0.4 is 0 Å². The molecule has 0 fully saturated rings. The fourth-order valence-corrected chi connectivity index (χ4v) is 3.39. The van der Waals surface area contributed by atoms with Gasteiger partial charge in [0.1, 0.15) is 0 Å². The molecule has 0 aliphatic carbocycles. The van der Waals surface area contributed by atoms with Crippen molar-refractivity contribution in [3.05, 3.63) is 67.6 Å². The third kappa shape index (κ3) is 3.80. The van der Waals surface area contributed by atoms with Crippen molar-refractivity contribution in [3.8, 4) is 0 Å². The number of halogens is 5. The summed E-state index contributed by atoms with van der Waals surface area (Å²) < 4.78 is 0. The third-order valence-electron chi connectivity index (χ3n) is 2.72. The minimum absolute atomic E-state index is 0.0657. The fourth-order valence-electron chi connectivity index (χ4n) is 1.75. The molecular formula is C14H9BrCl4. The Morgan fingerprint density at radius 1 is 0.895 bits per heavy atom. The molecule has 0 amide bonds. The molecule has 0 saturated carbocycles. The molecule has 1 unspecified atom stereocenters. The van der Waals surface area contributed by atoms with Crippen LogP contribution in [0.15, 0.2) is 36.4 Å². The van der Waals surface area contributed by atoms with Gasteiger partial charge in [0.05, 0.1) is 20.1 Å². The molecule has 100 valence electrons. The molecule has 5 heteroatoms. The summed E-state index contributed by atoms with van der Waals surface area (Å²) in [7, 11) is 0. The monoisotopic (exact) mass is 396 g/mol. The van der Waals surface area contributed by atoms with Crippen molar-refractivity contribution in [3.63, 3.8) is 0 Å². The topological polar surface area (TPSA) is 0 Å². The van der Waals surface area contributed by atoms with Crippen LogP contribution in [-0.4, -0.2) is 0 Å². The minimum Gasteiger partial charge on any atom is -0.0835 e. The van der Waals surface area contributed by atoms with Gasteiger partial charge in [-0.2, -0.15) is 0 Å². The summed E-state index contributed by atoms with van der Waals surface area (Å²) in [5, 5.41) is 2.23. The van der Waals surface area contributed by atoms with Crippen molar-refractivity contribution < 1.29 is 0 Å². The SMILES string of the molecule is Clc1ccc(CC(Br)c2cccc(Cl)c2Cl)cc1Cl. The van der Waals surface area contributed by atoms with Crippen LogP contribution in [0.2, 0.25) is 20.1 Å². The average molecular weight is 399 g/mol. The normalized spacial score (nSPS) is 12.5. The minimum atomic E-state index is 0.0657. The summed E-state index contributed by atoms with van der Waals surface area (Å²) in [5.74, 6) is 0. The van der Waals surface area contributed by atoms with Crippen LogP contribution in [0, 0.1) is 0 Å². The lowest BCUT2D eigenvalue weighted by Crippen LogP contribution is -1.97. The maximum atomic E-state index is 6.20. The van der Waals surface area contributed by atoms with Crippen molar-refractivity contribution in [2.45, 2.75) is 11.2 Å². The van der Waals surface area contributed by atoms with Gasteiger partial charge in [-0.15, -0.1) is 0 Å². The molecule has 2 rings (SSSR count). The van der Waals surface area contributed by atoms with Crippen molar-refractivity contribution in [1.82, 2.24) is 0 Å². The van der Waals surface area contributed by atoms with E-state index in [-0.39, 0.29) is 4.83 Å². The van der Waals surface area contributed by atoms with Crippen molar-refractivity contribution in [2.75, 3.05) is 0 Å². The Morgan fingerprint density at radius 3 is 2.32 bits per heavy atom. The van der Waals surface area contributed by atoms with Crippen LogP contribution in [0.5, 0.6) is 0 Å². The molecule has 2 aromatic carbocycles. The predicted molar refractivity (Wildman–Crippen MR) is 88.3 cm³/mol. The van der Waals surface area contributed by atoms with Gasteiger partial charge >= 0.3 is 0 Å². The second-order valence-corrected chi connectivity index (χ2v) is 6.77. The number of rotatable bonds is 3. The average Bonchev–Trinajstić information content (AvgIpc) is 2.37. The first kappa shape index (κ1) is 15.5. The van der Waals surface area contributed by atoms with Gasteiger partial charge in [0.2, 0.25) is 0 Å². The van der Waals surface area contributed by atoms with Gasteiger partial charge in [-0.25, -0.2) is 0 Å². The second-order valence-electron chi connectivity index (χ2n) is 4.06. The largest absolute Gasteiger partial charge is 0.0835 e. The number of alkyl halides is 1. The summed E-state index contributed by atoms with van der Waals surface area (Å²) in [6.45, 7) is 0. The van der Waals surface area contributed by atoms with Gasteiger partial charge in [0.25, 0.3) is 0 Å². The van der Waals surface area contributed by atoms with Gasteiger partial charge in [-0.3, -0.25) is 0 Å². The Bertz CT molecular complexity index is 598. The van der Waals surface area contributed by atoms with Crippen molar-refractivity contribution in [1.29, 1.82) is 0 Å². The van der Waals surface area contributed by atoms with Gasteiger partial charge in [-0.1, -0.05) is 80.5 Å². The lowest BCUT2D eigenvalue weighted by molar-refractivity contribution is 0.949. The number of hydrogen-bond donors (Lipinski definition) is 0. The van der Waals surface area contributed by atoms with Crippen LogP contribution in [-0.2, 0) is 6.42 Å². The van der Waals surface area contributed by atoms with E-state index in [2.05, 4.69) is 15.9 Å². The molecule has 1 atom stereocenters. The third-order valence-corrected chi connectivity index (χ3v) is 5.11. The summed E-state index contributed by atoms with van der Waals surface area (Å²) in [4.78, 5) is 0.0657. The maximum Gasteiger partial charge on any atom is 0.0635 e. The Morgan fingerprint density at radius 2 is 1.63 bits per heavy atom. The van der Waals surface area contributed by atoms with Gasteiger partial charge in [0, 0.05) is 4.83 Å². The summed E-state index contributed by atoms with van der Waals surface area (Å²) in [6.07, 6.45) is 0.747. The van der Waals surface area contributed by atoms with Gasteiger partial charge < -0.3 is 0 Å². The molecule has 0 spiro atoms. The van der Waals surface area contributed by atoms with E-state index in [1.165, 1.54) is 0 Å². The Kier molecular flexibility index (Phi) is 5.45. The quantitative estimate of drug-likeness (QED) is 0.489. The lowest BCUT2D eigenvalue weighted by atomic mass is 10.0. The summed E-state index contributed by atoms with van der Waals surface area (Å²) in [6, 6.07) is 11.2. The molecule has 0 aliphatic rings. The van der Waals surface area contributed by atoms with E-state index in [4.69, 9.17) is 46.4 Å². The smallest absolute Gasteiger partial charge is 0.0635 e. The van der Waals surface area contributed by atoms with Crippen LogP contribution in [0.25, 0.3) is 0 Å². The molecule has 0 aromatic heterocycles. The molecule has 0 aliphatic heterocycles. The van der Waals surface area contributed by atoms with E-state index >= 15 is 0 Å². The number of hydrogen-bond acceptors (Lipinski definition) is 0. The number of benzene rings is 2. The molecule has 0 nitrogen and oxygen atoms in total. The maximum absolute atomic E-state index is 6.20. The predicted octanol–water partition coefficient (Wildman–Crippen LogP) is 6.98. The second kappa shape index (κ2) is 6.69. The van der Waals surface area contributed by atoms with Crippen LogP contribution in [0.4, 0.5) is 0 Å². The Hall–Kier alpha value is 0.0800. The van der Waals surface area contributed by atoms with Crippen LogP contribution >= 0.6 is 62.3 Å². The Balaban J connectivity index is 2.23. The van der Waals surface area contributed by atoms with E-state index in [9.17, 15) is 0 Å². The zero-order valence-electron chi connectivity index (χ0n) is 9.64. The van der Waals surface area contributed by atoms with Crippen LogP contribution in [0.1, 0.15) is 16.0 Å². The zero-order valence-corrected chi connectivity index (χ0v) is 14.2. The molecule has 0 saturated heterocycles.